The Morgan fingerprint density at radius 3 is 1.33 bits per heavy atom. The van der Waals surface area contributed by atoms with Crippen LogP contribution in [-0.4, -0.2) is 238 Å². The zero-order valence-electron chi connectivity index (χ0n) is 70.3. The van der Waals surface area contributed by atoms with Gasteiger partial charge in [0.1, 0.15) is 70.4 Å². The number of carbonyl (C=O) groups is 6. The predicted molar refractivity (Wildman–Crippen MR) is 450 cm³/mol. The number of nitrogens with two attached hydrogens (primary N) is 2. The van der Waals surface area contributed by atoms with Crippen LogP contribution in [-0.2, 0) is 83.1 Å². The molecule has 0 aliphatic carbocycles. The zero-order chi connectivity index (χ0) is 95.3. The maximum absolute atomic E-state index is 13.0. The Bertz CT molecular complexity index is 6030. The van der Waals surface area contributed by atoms with Gasteiger partial charge in [0, 0.05) is 97.5 Å². The van der Waals surface area contributed by atoms with Crippen LogP contribution >= 0.6 is 46.6 Å². The van der Waals surface area contributed by atoms with E-state index in [2.05, 4.69) is 116 Å². The molecule has 12 rings (SSSR count). The lowest BCUT2D eigenvalue weighted by Crippen LogP contribution is -2.49. The first-order valence-electron chi connectivity index (χ1n) is 39.6. The molecule has 4 aliphatic heterocycles. The van der Waals surface area contributed by atoms with Crippen LogP contribution in [0.3, 0.4) is 0 Å². The van der Waals surface area contributed by atoms with Crippen molar-refractivity contribution in [3.63, 3.8) is 0 Å². The van der Waals surface area contributed by atoms with Crippen molar-refractivity contribution in [1.82, 2.24) is 70.0 Å². The molecule has 6 aromatic heterocycles. The Balaban J connectivity index is 0.000000251. The number of ether oxygens (including phenoxy) is 6. The Morgan fingerprint density at radius 2 is 0.915 bits per heavy atom. The van der Waals surface area contributed by atoms with Gasteiger partial charge in [0.2, 0.25) is 11.8 Å². The number of phosphoric acid groups is 2. The molecule has 60 heteroatoms. The monoisotopic (exact) mass is 1950 g/mol. The summed E-state index contributed by atoms with van der Waals surface area (Å²) in [6.07, 6.45) is -8.16. The quantitative estimate of drug-likeness (QED) is 0.00880. The molecule has 0 spiro atoms. The molecule has 14 atom stereocenters. The zero-order valence-corrected chi connectivity index (χ0v) is 75.6. The summed E-state index contributed by atoms with van der Waals surface area (Å²) in [4.78, 5) is 207. The van der Waals surface area contributed by atoms with Gasteiger partial charge in [0.25, 0.3) is 0 Å². The van der Waals surface area contributed by atoms with Gasteiger partial charge in [-0.25, -0.2) is 86.1 Å². The first kappa shape index (κ1) is 101. The molecule has 4 amide bonds. The molecule has 20 N–H and O–H groups in total. The van der Waals surface area contributed by atoms with Crippen molar-refractivity contribution in [3.05, 3.63) is 105 Å². The molecule has 2 saturated heterocycles. The van der Waals surface area contributed by atoms with Gasteiger partial charge in [0.15, 0.2) is 47.6 Å². The second kappa shape index (κ2) is 40.8. The minimum Gasteiger partial charge on any atom is -0.462 e. The van der Waals surface area contributed by atoms with Gasteiger partial charge in [-0.05, 0) is 114 Å². The number of benzene rings is 2. The van der Waals surface area contributed by atoms with E-state index in [4.69, 9.17) is 72.8 Å². The summed E-state index contributed by atoms with van der Waals surface area (Å²) >= 11 is 0. The fourth-order valence-electron chi connectivity index (χ4n) is 15.4. The van der Waals surface area contributed by atoms with Crippen LogP contribution in [0.2, 0.25) is 0 Å². The van der Waals surface area contributed by atoms with E-state index in [0.717, 1.165) is 57.7 Å². The number of amides is 4. The van der Waals surface area contributed by atoms with E-state index in [0.29, 0.717) is 47.9 Å². The summed E-state index contributed by atoms with van der Waals surface area (Å²) in [6.45, 7) is 14.3. The van der Waals surface area contributed by atoms with Gasteiger partial charge in [-0.1, -0.05) is 13.8 Å². The molecule has 2 aromatic carbocycles. The summed E-state index contributed by atoms with van der Waals surface area (Å²) in [5.74, 6) is -2.01. The maximum Gasteiger partial charge on any atom is 0.480 e. The van der Waals surface area contributed by atoms with Crippen LogP contribution in [0.25, 0.3) is 44.3 Å². The molecule has 0 radical (unpaired) electrons. The fraction of sp³-hybridized carbons (Fsp3) is 0.514. The number of nitrogens with zero attached hydrogens (tertiary/aromatic N) is 10. The van der Waals surface area contributed by atoms with Crippen LogP contribution in [0, 0.1) is 0 Å². The number of phosphoric ester groups is 2. The van der Waals surface area contributed by atoms with Gasteiger partial charge in [-0.15, -0.1) is 9.72 Å². The second-order valence-corrected chi connectivity index (χ2v) is 40.7. The van der Waals surface area contributed by atoms with E-state index in [-0.39, 0.29) is 132 Å². The molecule has 54 nitrogen and oxygen atoms in total. The van der Waals surface area contributed by atoms with Crippen molar-refractivity contribution in [1.29, 1.82) is 0 Å². The van der Waals surface area contributed by atoms with Crippen molar-refractivity contribution < 1.29 is 160 Å². The molecule has 10 heterocycles. The number of anilines is 4. The Kier molecular flexibility index (Phi) is 31.6. The van der Waals surface area contributed by atoms with Crippen LogP contribution in [0.4, 0.5) is 32.6 Å². The van der Waals surface area contributed by atoms with Gasteiger partial charge >= 0.3 is 82.0 Å². The van der Waals surface area contributed by atoms with Gasteiger partial charge < -0.3 is 129 Å². The lowest BCUT2D eigenvalue weighted by Gasteiger charge is -2.47. The Labute approximate surface area is 734 Å². The molecule has 8 aromatic rings. The van der Waals surface area contributed by atoms with Crippen molar-refractivity contribution in [2.75, 3.05) is 87.0 Å². The second-order valence-electron chi connectivity index (χ2n) is 31.2. The van der Waals surface area contributed by atoms with E-state index in [1.165, 1.54) is 33.9 Å². The highest BCUT2D eigenvalue weighted by Crippen LogP contribution is 2.63. The molecular weight excluding hydrogens is 1850 g/mol. The lowest BCUT2D eigenvalue weighted by molar-refractivity contribution is -0.121. The first-order chi connectivity index (χ1) is 60.8. The molecule has 0 saturated carbocycles. The number of rotatable bonds is 36. The van der Waals surface area contributed by atoms with Crippen LogP contribution in [0.15, 0.2) is 80.1 Å². The number of aromatic nitrogens is 8. The number of aliphatic hydroxyl groups excluding tert-OH is 2. The summed E-state index contributed by atoms with van der Waals surface area (Å²) in [6, 6.07) is 10.3. The van der Waals surface area contributed by atoms with E-state index < -0.39 is 144 Å². The third-order valence-electron chi connectivity index (χ3n) is 20.6. The molecule has 130 heavy (non-hydrogen) atoms. The van der Waals surface area contributed by atoms with Crippen LogP contribution < -0.4 is 63.5 Å². The van der Waals surface area contributed by atoms with Crippen LogP contribution in [0.1, 0.15) is 150 Å². The molecular formula is C70H96N18O36P6. The molecule has 2 fully saturated rings. The van der Waals surface area contributed by atoms with E-state index in [1.807, 2.05) is 12.1 Å². The van der Waals surface area contributed by atoms with Crippen molar-refractivity contribution in [2.45, 2.75) is 166 Å². The highest BCUT2D eigenvalue weighted by atomic mass is 31.3. The van der Waals surface area contributed by atoms with Gasteiger partial charge in [0.05, 0.1) is 39.1 Å². The maximum atomic E-state index is 13.0. The average molecular weight is 1950 g/mol. The lowest BCUT2D eigenvalue weighted by atomic mass is 9.79. The van der Waals surface area contributed by atoms with E-state index >= 15 is 0 Å². The smallest absolute Gasteiger partial charge is 0.462 e. The number of carbonyl (C=O) groups excluding carboxylic acids is 6. The number of imidazole rings is 2. The number of hydrogen-bond acceptors (Lipinski definition) is 38. The van der Waals surface area contributed by atoms with Crippen molar-refractivity contribution >= 4 is 150 Å². The van der Waals surface area contributed by atoms with Gasteiger partial charge in [-0.3, -0.25) is 27.8 Å². The minimum absolute atomic E-state index is 0.0254. The normalized spacial score (nSPS) is 22.5. The molecule has 4 aliphatic rings. The number of fused-ring (bicyclic) bond motifs is 6. The van der Waals surface area contributed by atoms with Crippen molar-refractivity contribution in [3.8, 4) is 0 Å². The standard InChI is InChI=1S/2C35H48N9O18P3/c1-5-57-32(47)21-12-19-11-20-18(2)14-35(3,4)44(22(20)13-23(19)60-33(21)48)10-6-7-25(45)37-8-9-38-34(49)61-28-24(15-58-65(55,56)62-64(53,54)42-63(50,51)52)59-31(27(28)46)43-17-41-26-29(36)39-16-40-30(26)43;1-5-57-32(47)21-12-19-11-20-18(2)14-35(3,4)44(22(20)13-23(19)60-33(21)48)10-6-7-25(45)37-8-9-38-34(49)61-28-27(46)24(15-58-65(55,56)62-64(53,54)42-63(50,51)52)59-31(28)43-17-41-26-29(36)39-16-40-30(26)43/h2*11-13,16-18,24,27-28,31,46H,5-10,14-15H2,1-4H3,(H,37,45)(H,38,49)(H,55,56)(H2,36,39,40)(H4,42,50,51,52,53,54)/t2*18?,24-,27-,28-,31-/m11/s1. The summed E-state index contributed by atoms with van der Waals surface area (Å²) < 4.78 is 134. The number of nitrogens with one attached hydrogen (secondary N) is 6. The summed E-state index contributed by atoms with van der Waals surface area (Å²) in [5, 5.41) is 33.9. The van der Waals surface area contributed by atoms with Gasteiger partial charge in [-0.2, -0.15) is 8.62 Å². The molecule has 712 valence electrons. The Hall–Kier alpha value is -9.76. The fourth-order valence-corrected chi connectivity index (χ4v) is 22.2. The minimum atomic E-state index is -5.63. The number of hydrogen-bond donors (Lipinski definition) is 18. The average Bonchev–Trinajstić information content (AvgIpc) is 1.02. The molecule has 0 bridgehead atoms. The Morgan fingerprint density at radius 1 is 0.523 bits per heavy atom. The topological polar surface area (TPSA) is 778 Å². The molecule has 6 unspecified atom stereocenters. The highest BCUT2D eigenvalue weighted by Gasteiger charge is 2.52. The number of esters is 2. The third kappa shape index (κ3) is 25.1. The SMILES string of the molecule is CCOC(=O)c1cc2cc3c(cc2oc1=O)N(CCCC(=O)NCCNC(=O)O[C@@H]1[C@H](O)[C@@H](COP(=O)(O)OP(=O)(O)NP(=O)(O)O)O[C@H]1n1cnc2c(N)ncnc21)C(C)(C)CC3C.CCOC(=O)c1cc2cc3c(cc2oc1=O)N(CCCC(=O)NCCNC(=O)O[C@H]1[C@@H](O)[C@H](n2cnc4c(N)ncnc42)O[C@@H]1COP(=O)(O)OP(=O)(O)NP(=O)(O)O)C(C)(C)CC3C. The van der Waals surface area contributed by atoms with E-state index in [1.54, 1.807) is 26.0 Å². The summed E-state index contributed by atoms with van der Waals surface area (Å²) in [5.41, 5.74) is 13.6. The third-order valence-corrected chi connectivity index (χ3v) is 29.1. The predicted octanol–water partition coefficient (Wildman–Crippen LogP) is 3.30. The van der Waals surface area contributed by atoms with Crippen LogP contribution in [0.5, 0.6) is 0 Å². The highest BCUT2D eigenvalue weighted by molar-refractivity contribution is 7.71. The number of alkyl carbamates (subject to hydrolysis) is 2. The van der Waals surface area contributed by atoms with Crippen molar-refractivity contribution in [2.24, 2.45) is 0 Å². The number of aliphatic hydroxyl groups is 2. The number of nitrogen functional groups attached to an aromatic ring is 2. The van der Waals surface area contributed by atoms with E-state index in [9.17, 15) is 95.5 Å². The largest absolute Gasteiger partial charge is 0.480 e. The summed E-state index contributed by atoms with van der Waals surface area (Å²) in [7, 11) is -33.3. The first-order valence-corrected chi connectivity index (χ1v) is 49.0.